The van der Waals surface area contributed by atoms with Gasteiger partial charge in [-0.3, -0.25) is 9.89 Å². The van der Waals surface area contributed by atoms with Crippen molar-refractivity contribution in [2.24, 2.45) is 0 Å². The number of carbonyl (C=O) groups excluding carboxylic acids is 1. The standard InChI is InChI=1S/C28H27N3O4/c1-3-35-21-8-6-7-19(17-21)27-24-25(22-9-4-5-10-23(22)32)29-30-26(24)28(33)31(27)16-15-18-11-13-20(34-2)14-12-18/h4-14,17,27,32H,3,15-16H2,1-2H3,(H,29,30)/t27-/m1/s1. The van der Waals surface area contributed by atoms with Gasteiger partial charge in [0.15, 0.2) is 0 Å². The smallest absolute Gasteiger partial charge is 0.273 e. The van der Waals surface area contributed by atoms with E-state index in [0.29, 0.717) is 36.5 Å². The third-order valence-electron chi connectivity index (χ3n) is 6.31. The van der Waals surface area contributed by atoms with E-state index in [4.69, 9.17) is 9.47 Å². The Morgan fingerprint density at radius 3 is 2.57 bits per heavy atom. The van der Waals surface area contributed by atoms with E-state index in [1.807, 2.05) is 72.5 Å². The molecule has 2 N–H and O–H groups in total. The quantitative estimate of drug-likeness (QED) is 0.380. The van der Waals surface area contributed by atoms with Gasteiger partial charge in [-0.05, 0) is 60.9 Å². The maximum atomic E-state index is 13.6. The number of carbonyl (C=O) groups is 1. The first-order chi connectivity index (χ1) is 17.1. The number of para-hydroxylation sites is 1. The monoisotopic (exact) mass is 469 g/mol. The van der Waals surface area contributed by atoms with E-state index in [1.165, 1.54) is 0 Å². The third kappa shape index (κ3) is 4.21. The Morgan fingerprint density at radius 2 is 1.83 bits per heavy atom. The zero-order chi connectivity index (χ0) is 24.4. The fourth-order valence-electron chi connectivity index (χ4n) is 4.64. The van der Waals surface area contributed by atoms with Gasteiger partial charge in [0, 0.05) is 17.7 Å². The molecule has 3 aromatic carbocycles. The molecular formula is C28H27N3O4. The van der Waals surface area contributed by atoms with Crippen LogP contribution in [-0.4, -0.2) is 46.4 Å². The van der Waals surface area contributed by atoms with Crippen LogP contribution in [0.15, 0.2) is 72.8 Å². The Bertz CT molecular complexity index is 1350. The lowest BCUT2D eigenvalue weighted by molar-refractivity contribution is 0.0745. The first-order valence-corrected chi connectivity index (χ1v) is 11.6. The summed E-state index contributed by atoms with van der Waals surface area (Å²) in [4.78, 5) is 15.4. The molecule has 0 fully saturated rings. The van der Waals surface area contributed by atoms with Crippen LogP contribution in [-0.2, 0) is 6.42 Å². The predicted molar refractivity (Wildman–Crippen MR) is 133 cm³/mol. The van der Waals surface area contributed by atoms with Crippen LogP contribution in [0.2, 0.25) is 0 Å². The van der Waals surface area contributed by atoms with Gasteiger partial charge in [-0.2, -0.15) is 5.10 Å². The SMILES string of the molecule is CCOc1cccc([C@@H]2c3c(-c4ccccc4O)n[nH]c3C(=O)N2CCc2ccc(OC)cc2)c1. The normalized spacial score (nSPS) is 14.7. The van der Waals surface area contributed by atoms with Crippen LogP contribution in [0.3, 0.4) is 0 Å². The predicted octanol–water partition coefficient (Wildman–Crippen LogP) is 4.98. The zero-order valence-electron chi connectivity index (χ0n) is 19.7. The largest absolute Gasteiger partial charge is 0.507 e. The fourth-order valence-corrected chi connectivity index (χ4v) is 4.64. The summed E-state index contributed by atoms with van der Waals surface area (Å²) in [6.45, 7) is 3.00. The number of methoxy groups -OCH3 is 1. The van der Waals surface area contributed by atoms with Gasteiger partial charge in [0.25, 0.3) is 5.91 Å². The number of aromatic nitrogens is 2. The number of H-pyrrole nitrogens is 1. The lowest BCUT2D eigenvalue weighted by atomic mass is 9.95. The van der Waals surface area contributed by atoms with E-state index in [-0.39, 0.29) is 17.7 Å². The molecule has 4 aromatic rings. The second kappa shape index (κ2) is 9.54. The Balaban J connectivity index is 1.56. The van der Waals surface area contributed by atoms with Crippen molar-refractivity contribution >= 4 is 5.91 Å². The van der Waals surface area contributed by atoms with Crippen LogP contribution in [0.1, 0.15) is 40.1 Å². The van der Waals surface area contributed by atoms with Gasteiger partial charge in [-0.1, -0.05) is 36.4 Å². The first kappa shape index (κ1) is 22.5. The second-order valence-corrected chi connectivity index (χ2v) is 8.38. The molecule has 2 heterocycles. The number of amides is 1. The van der Waals surface area contributed by atoms with E-state index < -0.39 is 0 Å². The second-order valence-electron chi connectivity index (χ2n) is 8.38. The average Bonchev–Trinajstić information content (AvgIpc) is 3.42. The molecule has 0 unspecified atom stereocenters. The zero-order valence-corrected chi connectivity index (χ0v) is 19.7. The van der Waals surface area contributed by atoms with Crippen molar-refractivity contribution in [2.75, 3.05) is 20.3 Å². The number of hydrogen-bond acceptors (Lipinski definition) is 5. The van der Waals surface area contributed by atoms with Crippen LogP contribution in [0.25, 0.3) is 11.3 Å². The Hall–Kier alpha value is -4.26. The summed E-state index contributed by atoms with van der Waals surface area (Å²) in [6, 6.07) is 22.4. The summed E-state index contributed by atoms with van der Waals surface area (Å²) >= 11 is 0. The highest BCUT2D eigenvalue weighted by Gasteiger charge is 2.42. The average molecular weight is 470 g/mol. The fraction of sp³-hybridized carbons (Fsp3) is 0.214. The van der Waals surface area contributed by atoms with Gasteiger partial charge in [0.1, 0.15) is 28.6 Å². The number of phenolic OH excluding ortho intramolecular Hbond substituents is 1. The number of phenols is 1. The van der Waals surface area contributed by atoms with Crippen LogP contribution < -0.4 is 9.47 Å². The summed E-state index contributed by atoms with van der Waals surface area (Å²) in [5.41, 5.74) is 4.40. The minimum atomic E-state index is -0.371. The van der Waals surface area contributed by atoms with Crippen molar-refractivity contribution in [3.8, 4) is 28.5 Å². The lowest BCUT2D eigenvalue weighted by Gasteiger charge is -2.27. The number of aromatic amines is 1. The number of nitrogens with one attached hydrogen (secondary N) is 1. The highest BCUT2D eigenvalue weighted by atomic mass is 16.5. The van der Waals surface area contributed by atoms with Gasteiger partial charge in [0.2, 0.25) is 0 Å². The highest BCUT2D eigenvalue weighted by molar-refractivity contribution is 6.00. The van der Waals surface area contributed by atoms with Gasteiger partial charge < -0.3 is 19.5 Å². The number of benzene rings is 3. The number of aromatic hydroxyl groups is 1. The molecule has 0 bridgehead atoms. The van der Waals surface area contributed by atoms with Crippen molar-refractivity contribution in [1.82, 2.24) is 15.1 Å². The molecule has 0 aliphatic carbocycles. The molecule has 1 aliphatic rings. The van der Waals surface area contributed by atoms with Crippen LogP contribution in [0.4, 0.5) is 0 Å². The number of rotatable bonds is 8. The number of ether oxygens (including phenoxy) is 2. The molecule has 0 spiro atoms. The van der Waals surface area contributed by atoms with Crippen molar-refractivity contribution in [3.63, 3.8) is 0 Å². The maximum Gasteiger partial charge on any atom is 0.273 e. The van der Waals surface area contributed by atoms with E-state index >= 15 is 0 Å². The molecule has 1 aliphatic heterocycles. The van der Waals surface area contributed by atoms with Gasteiger partial charge >= 0.3 is 0 Å². The van der Waals surface area contributed by atoms with Gasteiger partial charge in [-0.25, -0.2) is 0 Å². The van der Waals surface area contributed by atoms with E-state index in [9.17, 15) is 9.90 Å². The van der Waals surface area contributed by atoms with Crippen molar-refractivity contribution < 1.29 is 19.4 Å². The van der Waals surface area contributed by atoms with Crippen molar-refractivity contribution in [3.05, 3.63) is 95.2 Å². The summed E-state index contributed by atoms with van der Waals surface area (Å²) in [6.07, 6.45) is 0.682. The minimum Gasteiger partial charge on any atom is -0.507 e. The number of hydrogen-bond donors (Lipinski definition) is 2. The summed E-state index contributed by atoms with van der Waals surface area (Å²) in [5.74, 6) is 1.54. The molecule has 1 atom stereocenters. The first-order valence-electron chi connectivity index (χ1n) is 11.6. The van der Waals surface area contributed by atoms with E-state index in [0.717, 1.165) is 28.2 Å². The molecule has 0 saturated carbocycles. The molecular weight excluding hydrogens is 442 g/mol. The van der Waals surface area contributed by atoms with Crippen LogP contribution in [0.5, 0.6) is 17.2 Å². The molecule has 5 rings (SSSR count). The topological polar surface area (TPSA) is 87.7 Å². The van der Waals surface area contributed by atoms with E-state index in [2.05, 4.69) is 10.2 Å². The molecule has 7 heteroatoms. The Labute approximate surface area is 203 Å². The number of fused-ring (bicyclic) bond motifs is 1. The molecule has 178 valence electrons. The molecule has 0 saturated heterocycles. The van der Waals surface area contributed by atoms with Gasteiger partial charge in [-0.15, -0.1) is 0 Å². The van der Waals surface area contributed by atoms with E-state index in [1.54, 1.807) is 19.2 Å². The summed E-state index contributed by atoms with van der Waals surface area (Å²) < 4.78 is 11.0. The molecule has 1 aromatic heterocycles. The minimum absolute atomic E-state index is 0.116. The van der Waals surface area contributed by atoms with Gasteiger partial charge in [0.05, 0.1) is 19.8 Å². The summed E-state index contributed by atoms with van der Waals surface area (Å²) in [7, 11) is 1.64. The highest BCUT2D eigenvalue weighted by Crippen LogP contribution is 2.44. The molecule has 35 heavy (non-hydrogen) atoms. The summed E-state index contributed by atoms with van der Waals surface area (Å²) in [5, 5.41) is 17.9. The third-order valence-corrected chi connectivity index (χ3v) is 6.31. The lowest BCUT2D eigenvalue weighted by Crippen LogP contribution is -2.31. The van der Waals surface area contributed by atoms with Crippen LogP contribution >= 0.6 is 0 Å². The molecule has 7 nitrogen and oxygen atoms in total. The maximum absolute atomic E-state index is 13.6. The van der Waals surface area contributed by atoms with Crippen molar-refractivity contribution in [1.29, 1.82) is 0 Å². The Kier molecular flexibility index (Phi) is 6.14. The van der Waals surface area contributed by atoms with Crippen molar-refractivity contribution in [2.45, 2.75) is 19.4 Å². The number of nitrogens with zero attached hydrogens (tertiary/aromatic N) is 2. The molecule has 1 amide bonds. The van der Waals surface area contributed by atoms with Crippen LogP contribution in [0, 0.1) is 0 Å². The Morgan fingerprint density at radius 1 is 1.03 bits per heavy atom. The molecule has 0 radical (unpaired) electrons.